The molecule has 1 aromatic heterocycles. The number of nitrogens with zero attached hydrogens (tertiary/aromatic N) is 1. The molecule has 0 aliphatic carbocycles. The van der Waals surface area contributed by atoms with Gasteiger partial charge in [0.2, 0.25) is 5.43 Å². The number of nitrogens with one attached hydrogen (secondary N) is 1. The molecule has 4 heteroatoms. The zero-order valence-electron chi connectivity index (χ0n) is 14.8. The number of fused-ring (bicyclic) bond motifs is 1. The Labute approximate surface area is 147 Å². The second-order valence-electron chi connectivity index (χ2n) is 6.14. The topological polar surface area (TPSA) is 51.1 Å². The van der Waals surface area contributed by atoms with Gasteiger partial charge in [-0.05, 0) is 44.0 Å². The molecule has 1 heterocycles. The normalized spacial score (nSPS) is 10.8. The number of aryl methyl sites for hydroxylation is 3. The fourth-order valence-corrected chi connectivity index (χ4v) is 3.07. The number of amides is 1. The van der Waals surface area contributed by atoms with Gasteiger partial charge in [0.1, 0.15) is 5.56 Å². The molecule has 0 radical (unpaired) electrons. The van der Waals surface area contributed by atoms with E-state index in [1.807, 2.05) is 67.8 Å². The van der Waals surface area contributed by atoms with Crippen LogP contribution in [0.4, 0.5) is 5.69 Å². The average Bonchev–Trinajstić information content (AvgIpc) is 2.62. The van der Waals surface area contributed by atoms with Gasteiger partial charge in [0, 0.05) is 23.8 Å². The smallest absolute Gasteiger partial charge is 0.261 e. The molecule has 3 rings (SSSR count). The molecule has 25 heavy (non-hydrogen) atoms. The van der Waals surface area contributed by atoms with E-state index in [4.69, 9.17) is 0 Å². The molecule has 2 aromatic carbocycles. The van der Waals surface area contributed by atoms with Crippen molar-refractivity contribution in [1.29, 1.82) is 0 Å². The Morgan fingerprint density at radius 3 is 2.60 bits per heavy atom. The van der Waals surface area contributed by atoms with Gasteiger partial charge >= 0.3 is 0 Å². The molecule has 0 aliphatic rings. The maximum absolute atomic E-state index is 12.9. The zero-order chi connectivity index (χ0) is 18.0. The summed E-state index contributed by atoms with van der Waals surface area (Å²) in [5.41, 5.74) is 3.59. The van der Waals surface area contributed by atoms with Crippen LogP contribution < -0.4 is 10.7 Å². The standard InChI is InChI=1S/C21H22N2O2/c1-4-15-8-6-7-9-18(15)22-21(25)17-13-23(5-2)19-11-10-14(3)12-16(19)20(17)24/h6-13H,4-5H2,1-3H3,(H,22,25). The van der Waals surface area contributed by atoms with Gasteiger partial charge in [0.15, 0.2) is 0 Å². The van der Waals surface area contributed by atoms with E-state index in [9.17, 15) is 9.59 Å². The Bertz CT molecular complexity index is 1000. The average molecular weight is 334 g/mol. The maximum atomic E-state index is 12.9. The fraction of sp³-hybridized carbons (Fsp3) is 0.238. The number of benzene rings is 2. The highest BCUT2D eigenvalue weighted by Crippen LogP contribution is 2.18. The van der Waals surface area contributed by atoms with Gasteiger partial charge in [-0.3, -0.25) is 9.59 Å². The Balaban J connectivity index is 2.10. The molecule has 0 aliphatic heterocycles. The van der Waals surface area contributed by atoms with E-state index in [0.717, 1.165) is 28.8 Å². The number of para-hydroxylation sites is 1. The van der Waals surface area contributed by atoms with E-state index in [0.29, 0.717) is 11.9 Å². The minimum absolute atomic E-state index is 0.172. The number of hydrogen-bond acceptors (Lipinski definition) is 2. The first-order valence-electron chi connectivity index (χ1n) is 8.58. The molecule has 4 nitrogen and oxygen atoms in total. The molecule has 1 N–H and O–H groups in total. The van der Waals surface area contributed by atoms with Gasteiger partial charge in [0.05, 0.1) is 5.52 Å². The van der Waals surface area contributed by atoms with E-state index >= 15 is 0 Å². The van der Waals surface area contributed by atoms with Crippen LogP contribution in [0.15, 0.2) is 53.5 Å². The Kier molecular flexibility index (Phi) is 4.70. The highest BCUT2D eigenvalue weighted by atomic mass is 16.2. The molecule has 0 unspecified atom stereocenters. The van der Waals surface area contributed by atoms with Crippen LogP contribution in [0.1, 0.15) is 35.3 Å². The number of pyridine rings is 1. The first-order valence-corrected chi connectivity index (χ1v) is 8.58. The number of rotatable bonds is 4. The summed E-state index contributed by atoms with van der Waals surface area (Å²) in [4.78, 5) is 25.6. The summed E-state index contributed by atoms with van der Waals surface area (Å²) in [7, 11) is 0. The Morgan fingerprint density at radius 1 is 1.12 bits per heavy atom. The van der Waals surface area contributed by atoms with Gasteiger partial charge in [-0.25, -0.2) is 0 Å². The Hall–Kier alpha value is -2.88. The lowest BCUT2D eigenvalue weighted by Crippen LogP contribution is -2.24. The molecule has 128 valence electrons. The van der Waals surface area contributed by atoms with Crippen molar-refractivity contribution in [2.75, 3.05) is 5.32 Å². The van der Waals surface area contributed by atoms with Gasteiger partial charge < -0.3 is 9.88 Å². The highest BCUT2D eigenvalue weighted by molar-refractivity contribution is 6.06. The first kappa shape index (κ1) is 17.0. The largest absolute Gasteiger partial charge is 0.347 e. The van der Waals surface area contributed by atoms with Crippen LogP contribution in [0.5, 0.6) is 0 Å². The Morgan fingerprint density at radius 2 is 1.88 bits per heavy atom. The second kappa shape index (κ2) is 6.93. The second-order valence-corrected chi connectivity index (χ2v) is 6.14. The predicted octanol–water partition coefficient (Wildman–Crippen LogP) is 4.14. The van der Waals surface area contributed by atoms with Crippen LogP contribution in [0.25, 0.3) is 10.9 Å². The molecule has 3 aromatic rings. The summed E-state index contributed by atoms with van der Waals surface area (Å²) >= 11 is 0. The van der Waals surface area contributed by atoms with Gasteiger partial charge in [-0.2, -0.15) is 0 Å². The van der Waals surface area contributed by atoms with Crippen LogP contribution in [-0.2, 0) is 13.0 Å². The summed E-state index contributed by atoms with van der Waals surface area (Å²) in [6, 6.07) is 13.4. The molecule has 0 fully saturated rings. The third-order valence-electron chi connectivity index (χ3n) is 4.47. The van der Waals surface area contributed by atoms with Crippen molar-refractivity contribution in [1.82, 2.24) is 4.57 Å². The predicted molar refractivity (Wildman–Crippen MR) is 102 cm³/mol. The van der Waals surface area contributed by atoms with Crippen molar-refractivity contribution in [2.45, 2.75) is 33.7 Å². The molecule has 0 bridgehead atoms. The van der Waals surface area contributed by atoms with E-state index in [-0.39, 0.29) is 16.9 Å². The molecule has 0 spiro atoms. The van der Waals surface area contributed by atoms with E-state index in [1.54, 1.807) is 6.20 Å². The van der Waals surface area contributed by atoms with Crippen molar-refractivity contribution in [3.8, 4) is 0 Å². The number of carbonyl (C=O) groups is 1. The van der Waals surface area contributed by atoms with E-state index < -0.39 is 0 Å². The number of aromatic nitrogens is 1. The van der Waals surface area contributed by atoms with Crippen LogP contribution in [-0.4, -0.2) is 10.5 Å². The third-order valence-corrected chi connectivity index (χ3v) is 4.47. The minimum Gasteiger partial charge on any atom is -0.347 e. The van der Waals surface area contributed by atoms with Crippen LogP contribution >= 0.6 is 0 Å². The molecule has 0 saturated heterocycles. The molecule has 1 amide bonds. The third kappa shape index (κ3) is 3.20. The lowest BCUT2D eigenvalue weighted by Gasteiger charge is -2.13. The van der Waals surface area contributed by atoms with Crippen LogP contribution in [0.3, 0.4) is 0 Å². The van der Waals surface area contributed by atoms with Crippen LogP contribution in [0.2, 0.25) is 0 Å². The van der Waals surface area contributed by atoms with Gasteiger partial charge in [-0.15, -0.1) is 0 Å². The minimum atomic E-state index is -0.364. The number of anilines is 1. The summed E-state index contributed by atoms with van der Waals surface area (Å²) in [5, 5.41) is 3.48. The highest BCUT2D eigenvalue weighted by Gasteiger charge is 2.16. The molecule has 0 saturated carbocycles. The van der Waals surface area contributed by atoms with E-state index in [1.165, 1.54) is 0 Å². The lowest BCUT2D eigenvalue weighted by molar-refractivity contribution is 0.102. The van der Waals surface area contributed by atoms with Gasteiger partial charge in [-0.1, -0.05) is 36.8 Å². The summed E-state index contributed by atoms with van der Waals surface area (Å²) in [5.74, 6) is -0.364. The van der Waals surface area contributed by atoms with Crippen molar-refractivity contribution < 1.29 is 4.79 Å². The van der Waals surface area contributed by atoms with Crippen molar-refractivity contribution in [2.24, 2.45) is 0 Å². The van der Waals surface area contributed by atoms with Crippen LogP contribution in [0, 0.1) is 6.92 Å². The molecular weight excluding hydrogens is 312 g/mol. The van der Waals surface area contributed by atoms with Crippen molar-refractivity contribution >= 4 is 22.5 Å². The van der Waals surface area contributed by atoms with E-state index in [2.05, 4.69) is 5.32 Å². The summed E-state index contributed by atoms with van der Waals surface area (Å²) in [6.07, 6.45) is 2.47. The fourth-order valence-electron chi connectivity index (χ4n) is 3.07. The lowest BCUT2D eigenvalue weighted by atomic mass is 10.1. The summed E-state index contributed by atoms with van der Waals surface area (Å²) < 4.78 is 1.94. The maximum Gasteiger partial charge on any atom is 0.261 e. The SMILES string of the molecule is CCc1ccccc1NC(=O)c1cn(CC)c2ccc(C)cc2c1=O. The molecule has 0 atom stereocenters. The zero-order valence-corrected chi connectivity index (χ0v) is 14.8. The number of carbonyl (C=O) groups excluding carboxylic acids is 1. The van der Waals surface area contributed by atoms with Crippen molar-refractivity contribution in [3.05, 3.63) is 75.6 Å². The van der Waals surface area contributed by atoms with Gasteiger partial charge in [0.25, 0.3) is 5.91 Å². The monoisotopic (exact) mass is 334 g/mol. The molecular formula is C21H22N2O2. The number of hydrogen-bond donors (Lipinski definition) is 1. The quantitative estimate of drug-likeness (QED) is 0.779. The first-order chi connectivity index (χ1) is 12.0. The summed E-state index contributed by atoms with van der Waals surface area (Å²) in [6.45, 7) is 6.66. The van der Waals surface area contributed by atoms with Crippen molar-refractivity contribution in [3.63, 3.8) is 0 Å².